The van der Waals surface area contributed by atoms with E-state index in [1.54, 1.807) is 7.11 Å². The smallest absolute Gasteiger partial charge is 0.235 e. The summed E-state index contributed by atoms with van der Waals surface area (Å²) in [5, 5.41) is 6.74. The zero-order valence-corrected chi connectivity index (χ0v) is 14.7. The van der Waals surface area contributed by atoms with Gasteiger partial charge in [0, 0.05) is 23.5 Å². The van der Waals surface area contributed by atoms with Crippen LogP contribution in [-0.4, -0.2) is 24.8 Å². The maximum Gasteiger partial charge on any atom is 0.235 e. The molecular formula is C19H22N2O4. The van der Waals surface area contributed by atoms with Gasteiger partial charge in [0.2, 0.25) is 11.8 Å². The van der Waals surface area contributed by atoms with Crippen molar-refractivity contribution >= 4 is 11.8 Å². The molecular weight excluding hydrogens is 320 g/mol. The van der Waals surface area contributed by atoms with Crippen LogP contribution in [0, 0.1) is 6.92 Å². The number of amides is 1. The van der Waals surface area contributed by atoms with Crippen LogP contribution in [-0.2, 0) is 11.2 Å². The number of rotatable bonds is 6. The Bertz CT molecular complexity index is 810. The Morgan fingerprint density at radius 2 is 2.28 bits per heavy atom. The molecule has 0 radical (unpaired) electrons. The maximum atomic E-state index is 12.1. The molecule has 1 N–H and O–H groups in total. The topological polar surface area (TPSA) is 73.6 Å². The van der Waals surface area contributed by atoms with E-state index in [4.69, 9.17) is 14.0 Å². The number of nitrogens with one attached hydrogen (secondary N) is 1. The van der Waals surface area contributed by atoms with Gasteiger partial charge in [-0.25, -0.2) is 0 Å². The molecule has 1 aliphatic heterocycles. The molecule has 3 rings (SSSR count). The second-order valence-corrected chi connectivity index (χ2v) is 5.95. The van der Waals surface area contributed by atoms with E-state index in [-0.39, 0.29) is 11.8 Å². The van der Waals surface area contributed by atoms with E-state index in [1.165, 1.54) is 0 Å². The van der Waals surface area contributed by atoms with Crippen molar-refractivity contribution in [1.29, 1.82) is 0 Å². The Morgan fingerprint density at radius 3 is 2.96 bits per heavy atom. The molecule has 0 bridgehead atoms. The molecule has 132 valence electrons. The van der Waals surface area contributed by atoms with Crippen LogP contribution in [0.3, 0.4) is 0 Å². The van der Waals surface area contributed by atoms with Gasteiger partial charge in [-0.15, -0.1) is 6.58 Å². The van der Waals surface area contributed by atoms with E-state index >= 15 is 0 Å². The number of carbonyl (C=O) groups excluding carboxylic acids is 1. The van der Waals surface area contributed by atoms with Crippen molar-refractivity contribution in [3.05, 3.63) is 47.2 Å². The summed E-state index contributed by atoms with van der Waals surface area (Å²) >= 11 is 0. The number of benzene rings is 1. The Labute approximate surface area is 146 Å². The summed E-state index contributed by atoms with van der Waals surface area (Å²) in [7, 11) is 1.61. The van der Waals surface area contributed by atoms with Gasteiger partial charge in [0.25, 0.3) is 0 Å². The summed E-state index contributed by atoms with van der Waals surface area (Å²) in [5.41, 5.74) is 3.64. The summed E-state index contributed by atoms with van der Waals surface area (Å²) in [5.74, 6) is 1.57. The maximum absolute atomic E-state index is 12.1. The van der Waals surface area contributed by atoms with Gasteiger partial charge in [-0.3, -0.25) is 10.1 Å². The number of hydrogen-bond acceptors (Lipinski definition) is 5. The molecule has 1 aromatic heterocycles. The first-order valence-electron chi connectivity index (χ1n) is 8.29. The van der Waals surface area contributed by atoms with E-state index < -0.39 is 0 Å². The van der Waals surface area contributed by atoms with Gasteiger partial charge in [-0.2, -0.15) is 0 Å². The average Bonchev–Trinajstić information content (AvgIpc) is 2.96. The predicted octanol–water partition coefficient (Wildman–Crippen LogP) is 3.59. The summed E-state index contributed by atoms with van der Waals surface area (Å²) in [6, 6.07) is 3.98. The van der Waals surface area contributed by atoms with Crippen molar-refractivity contribution in [2.75, 3.05) is 19.0 Å². The van der Waals surface area contributed by atoms with Crippen LogP contribution < -0.4 is 14.8 Å². The number of methoxy groups -OCH3 is 1. The van der Waals surface area contributed by atoms with Crippen LogP contribution >= 0.6 is 0 Å². The van der Waals surface area contributed by atoms with Crippen LogP contribution in [0.5, 0.6) is 11.5 Å². The number of ether oxygens (including phenoxy) is 2. The summed E-state index contributed by atoms with van der Waals surface area (Å²) in [6.45, 7) is 8.18. The Kier molecular flexibility index (Phi) is 4.79. The van der Waals surface area contributed by atoms with E-state index in [2.05, 4.69) is 23.1 Å². The van der Waals surface area contributed by atoms with Crippen LogP contribution in [0.2, 0.25) is 0 Å². The zero-order valence-electron chi connectivity index (χ0n) is 14.7. The fraction of sp³-hybridized carbons (Fsp3) is 0.368. The van der Waals surface area contributed by atoms with Crippen molar-refractivity contribution in [3.63, 3.8) is 0 Å². The zero-order chi connectivity index (χ0) is 18.0. The number of fused-ring (bicyclic) bond motifs is 1. The number of aryl methyl sites for hydroxylation is 1. The van der Waals surface area contributed by atoms with Gasteiger partial charge < -0.3 is 14.0 Å². The van der Waals surface area contributed by atoms with Gasteiger partial charge in [-0.1, -0.05) is 17.3 Å². The summed E-state index contributed by atoms with van der Waals surface area (Å²) < 4.78 is 16.6. The van der Waals surface area contributed by atoms with E-state index in [1.807, 2.05) is 26.0 Å². The summed E-state index contributed by atoms with van der Waals surface area (Å²) in [4.78, 5) is 12.1. The van der Waals surface area contributed by atoms with E-state index in [0.717, 1.165) is 28.1 Å². The van der Waals surface area contributed by atoms with Crippen molar-refractivity contribution in [2.24, 2.45) is 0 Å². The van der Waals surface area contributed by atoms with Gasteiger partial charge in [0.1, 0.15) is 0 Å². The highest BCUT2D eigenvalue weighted by atomic mass is 16.5. The number of anilines is 1. The van der Waals surface area contributed by atoms with Crippen molar-refractivity contribution in [3.8, 4) is 11.5 Å². The molecule has 2 heterocycles. The van der Waals surface area contributed by atoms with Crippen molar-refractivity contribution in [2.45, 2.75) is 32.6 Å². The number of aromatic nitrogens is 1. The average molecular weight is 342 g/mol. The van der Waals surface area contributed by atoms with Crippen LogP contribution in [0.4, 0.5) is 5.88 Å². The fourth-order valence-corrected chi connectivity index (χ4v) is 3.28. The first-order chi connectivity index (χ1) is 12.1. The lowest BCUT2D eigenvalue weighted by molar-refractivity contribution is -0.116. The third-order valence-electron chi connectivity index (χ3n) is 4.33. The van der Waals surface area contributed by atoms with Crippen LogP contribution in [0.15, 0.2) is 29.3 Å². The molecule has 1 atom stereocenters. The molecule has 0 saturated heterocycles. The predicted molar refractivity (Wildman–Crippen MR) is 94.4 cm³/mol. The first kappa shape index (κ1) is 17.1. The standard InChI is InChI=1S/C19H22N2O4/c1-5-7-12-8-13(9-15(23-4)18(12)24-6-2)14-10-16(22)20-19-17(14)11(3)21-25-19/h5,8-9,14H,1,6-7,10H2,2-4H3,(H,20,22)/t14-/m1/s1. The minimum absolute atomic E-state index is 0.0910. The van der Waals surface area contributed by atoms with Gasteiger partial charge in [0.15, 0.2) is 11.5 Å². The summed E-state index contributed by atoms with van der Waals surface area (Å²) in [6.07, 6.45) is 2.80. The number of hydrogen-bond donors (Lipinski definition) is 1. The first-order valence-corrected chi connectivity index (χ1v) is 8.29. The molecule has 1 aliphatic rings. The second kappa shape index (κ2) is 7.01. The largest absolute Gasteiger partial charge is 0.493 e. The van der Waals surface area contributed by atoms with Crippen LogP contribution in [0.25, 0.3) is 0 Å². The molecule has 6 nitrogen and oxygen atoms in total. The molecule has 0 fully saturated rings. The molecule has 1 aromatic carbocycles. The fourth-order valence-electron chi connectivity index (χ4n) is 3.28. The second-order valence-electron chi connectivity index (χ2n) is 5.95. The molecule has 0 spiro atoms. The highest BCUT2D eigenvalue weighted by Crippen LogP contribution is 2.43. The van der Waals surface area contributed by atoms with Crippen molar-refractivity contribution in [1.82, 2.24) is 5.16 Å². The SMILES string of the molecule is C=CCc1cc([C@H]2CC(=O)Nc3onc(C)c32)cc(OC)c1OCC. The molecule has 6 heteroatoms. The Balaban J connectivity index is 2.14. The molecule has 1 amide bonds. The monoisotopic (exact) mass is 342 g/mol. The van der Waals surface area contributed by atoms with Gasteiger partial charge >= 0.3 is 0 Å². The van der Waals surface area contributed by atoms with Crippen molar-refractivity contribution < 1.29 is 18.8 Å². The van der Waals surface area contributed by atoms with Gasteiger partial charge in [-0.05, 0) is 31.9 Å². The highest BCUT2D eigenvalue weighted by molar-refractivity contribution is 5.94. The Hall–Kier alpha value is -2.76. The Morgan fingerprint density at radius 1 is 1.48 bits per heavy atom. The third-order valence-corrected chi connectivity index (χ3v) is 4.33. The highest BCUT2D eigenvalue weighted by Gasteiger charge is 2.33. The van der Waals surface area contributed by atoms with Gasteiger partial charge in [0.05, 0.1) is 19.4 Å². The lowest BCUT2D eigenvalue weighted by atomic mass is 9.84. The molecule has 25 heavy (non-hydrogen) atoms. The normalized spacial score (nSPS) is 16.1. The minimum atomic E-state index is -0.136. The number of nitrogens with zero attached hydrogens (tertiary/aromatic N) is 1. The lowest BCUT2D eigenvalue weighted by Crippen LogP contribution is -2.23. The third kappa shape index (κ3) is 3.12. The molecule has 0 saturated carbocycles. The molecule has 2 aromatic rings. The lowest BCUT2D eigenvalue weighted by Gasteiger charge is -2.24. The minimum Gasteiger partial charge on any atom is -0.493 e. The quantitative estimate of drug-likeness (QED) is 0.812. The van der Waals surface area contributed by atoms with E-state index in [0.29, 0.717) is 31.1 Å². The van der Waals surface area contributed by atoms with E-state index in [9.17, 15) is 4.79 Å². The van der Waals surface area contributed by atoms with Crippen LogP contribution in [0.1, 0.15) is 41.6 Å². The number of carbonyl (C=O) groups is 1. The number of allylic oxidation sites excluding steroid dienone is 1. The molecule has 0 unspecified atom stereocenters. The molecule has 0 aliphatic carbocycles.